The van der Waals surface area contributed by atoms with Crippen LogP contribution < -0.4 is 4.74 Å². The number of hydrogen-bond donors (Lipinski definition) is 1. The summed E-state index contributed by atoms with van der Waals surface area (Å²) in [6.07, 6.45) is 3.57. The molecule has 4 rings (SSSR count). The van der Waals surface area contributed by atoms with Crippen LogP contribution in [0.5, 0.6) is 5.75 Å². The minimum absolute atomic E-state index is 0.0152. The number of amides is 1. The van der Waals surface area contributed by atoms with Gasteiger partial charge < -0.3 is 14.4 Å². The van der Waals surface area contributed by atoms with Gasteiger partial charge in [0.05, 0.1) is 30.6 Å². The molecular weight excluding hydrogens is 332 g/mol. The first-order chi connectivity index (χ1) is 12.7. The van der Waals surface area contributed by atoms with E-state index in [0.29, 0.717) is 32.1 Å². The van der Waals surface area contributed by atoms with Gasteiger partial charge >= 0.3 is 0 Å². The first-order valence-electron chi connectivity index (χ1n) is 8.59. The Morgan fingerprint density at radius 2 is 2.15 bits per heavy atom. The van der Waals surface area contributed by atoms with Crippen LogP contribution in [0.1, 0.15) is 5.56 Å². The summed E-state index contributed by atoms with van der Waals surface area (Å²) < 4.78 is 11.0. The third-order valence-electron chi connectivity index (χ3n) is 4.51. The molecule has 26 heavy (non-hydrogen) atoms. The molecule has 1 amide bonds. The molecule has 1 aliphatic rings. The molecule has 0 unspecified atom stereocenters. The quantitative estimate of drug-likeness (QED) is 0.778. The lowest BCUT2D eigenvalue weighted by Gasteiger charge is -2.26. The number of aromatic amines is 1. The van der Waals surface area contributed by atoms with E-state index in [1.54, 1.807) is 11.1 Å². The predicted octanol–water partition coefficient (Wildman–Crippen LogP) is 2.17. The lowest BCUT2D eigenvalue weighted by atomic mass is 10.1. The van der Waals surface area contributed by atoms with Gasteiger partial charge in [0.15, 0.2) is 6.61 Å². The first-order valence-corrected chi connectivity index (χ1v) is 8.59. The molecule has 0 aliphatic carbocycles. The topological polar surface area (TPSA) is 80.3 Å². The fourth-order valence-corrected chi connectivity index (χ4v) is 3.05. The molecule has 3 heterocycles. The van der Waals surface area contributed by atoms with Crippen LogP contribution in [-0.4, -0.2) is 58.9 Å². The molecule has 7 heteroatoms. The van der Waals surface area contributed by atoms with Crippen molar-refractivity contribution in [3.8, 4) is 17.0 Å². The average Bonchev–Trinajstić information content (AvgIpc) is 3.22. The number of rotatable bonds is 4. The van der Waals surface area contributed by atoms with Crippen LogP contribution in [0.2, 0.25) is 0 Å². The molecule has 7 nitrogen and oxygen atoms in total. The van der Waals surface area contributed by atoms with Crippen LogP contribution in [0, 0.1) is 6.92 Å². The van der Waals surface area contributed by atoms with Gasteiger partial charge in [-0.2, -0.15) is 5.10 Å². The fourth-order valence-electron chi connectivity index (χ4n) is 3.05. The smallest absolute Gasteiger partial charge is 0.260 e. The number of aromatic nitrogens is 3. The summed E-state index contributed by atoms with van der Waals surface area (Å²) >= 11 is 0. The molecule has 134 valence electrons. The van der Waals surface area contributed by atoms with E-state index >= 15 is 0 Å². The Morgan fingerprint density at radius 3 is 2.92 bits per heavy atom. The molecular formula is C19H20N4O3. The van der Waals surface area contributed by atoms with Crippen molar-refractivity contribution in [2.75, 3.05) is 32.9 Å². The molecule has 1 N–H and O–H groups in total. The maximum atomic E-state index is 12.2. The molecule has 2 aromatic heterocycles. The van der Waals surface area contributed by atoms with E-state index in [0.717, 1.165) is 27.7 Å². The highest BCUT2D eigenvalue weighted by molar-refractivity contribution is 5.86. The number of morpholine rings is 1. The molecule has 1 fully saturated rings. The molecule has 1 aliphatic heterocycles. The zero-order valence-corrected chi connectivity index (χ0v) is 14.6. The summed E-state index contributed by atoms with van der Waals surface area (Å²) in [5, 5.41) is 7.79. The van der Waals surface area contributed by atoms with Crippen LogP contribution in [-0.2, 0) is 9.53 Å². The maximum absolute atomic E-state index is 12.2. The lowest BCUT2D eigenvalue weighted by molar-refractivity contribution is -0.137. The van der Waals surface area contributed by atoms with Gasteiger partial charge in [-0.15, -0.1) is 0 Å². The number of carbonyl (C=O) groups is 1. The van der Waals surface area contributed by atoms with Crippen molar-refractivity contribution in [3.63, 3.8) is 0 Å². The number of fused-ring (bicyclic) bond motifs is 1. The molecule has 0 bridgehead atoms. The third-order valence-corrected chi connectivity index (χ3v) is 4.51. The van der Waals surface area contributed by atoms with E-state index in [9.17, 15) is 4.79 Å². The highest BCUT2D eigenvalue weighted by Crippen LogP contribution is 2.27. The number of carbonyl (C=O) groups excluding carboxylic acids is 1. The lowest BCUT2D eigenvalue weighted by Crippen LogP contribution is -2.42. The molecule has 0 spiro atoms. The van der Waals surface area contributed by atoms with E-state index in [-0.39, 0.29) is 12.5 Å². The van der Waals surface area contributed by atoms with Crippen molar-refractivity contribution in [2.45, 2.75) is 6.92 Å². The minimum atomic E-state index is -0.0152. The van der Waals surface area contributed by atoms with Gasteiger partial charge in [-0.3, -0.25) is 9.89 Å². The van der Waals surface area contributed by atoms with Crippen molar-refractivity contribution >= 4 is 16.8 Å². The zero-order chi connectivity index (χ0) is 17.9. The van der Waals surface area contributed by atoms with Gasteiger partial charge in [0.2, 0.25) is 0 Å². The van der Waals surface area contributed by atoms with Gasteiger partial charge in [-0.25, -0.2) is 4.98 Å². The van der Waals surface area contributed by atoms with E-state index < -0.39 is 0 Å². The van der Waals surface area contributed by atoms with E-state index in [4.69, 9.17) is 9.47 Å². The Morgan fingerprint density at radius 1 is 1.31 bits per heavy atom. The summed E-state index contributed by atoms with van der Waals surface area (Å²) in [5.41, 5.74) is 3.80. The van der Waals surface area contributed by atoms with Crippen LogP contribution in [0.15, 0.2) is 36.7 Å². The summed E-state index contributed by atoms with van der Waals surface area (Å²) in [4.78, 5) is 18.7. The Labute approximate surface area is 150 Å². The van der Waals surface area contributed by atoms with E-state index in [1.807, 2.05) is 37.4 Å². The second-order valence-electron chi connectivity index (χ2n) is 6.27. The molecule has 0 saturated carbocycles. The first kappa shape index (κ1) is 16.5. The molecule has 0 atom stereocenters. The number of ether oxygens (including phenoxy) is 2. The number of aryl methyl sites for hydroxylation is 1. The number of pyridine rings is 1. The Hall–Kier alpha value is -2.93. The number of nitrogens with one attached hydrogen (secondary N) is 1. The van der Waals surface area contributed by atoms with Crippen LogP contribution in [0.3, 0.4) is 0 Å². The molecule has 1 aromatic carbocycles. The van der Waals surface area contributed by atoms with Crippen LogP contribution in [0.25, 0.3) is 22.2 Å². The summed E-state index contributed by atoms with van der Waals surface area (Å²) in [6.45, 7) is 4.50. The number of benzene rings is 1. The minimum Gasteiger partial charge on any atom is -0.484 e. The Balaban J connectivity index is 1.51. The zero-order valence-electron chi connectivity index (χ0n) is 14.6. The summed E-state index contributed by atoms with van der Waals surface area (Å²) in [6, 6.07) is 7.72. The number of nitrogens with zero attached hydrogens (tertiary/aromatic N) is 3. The van der Waals surface area contributed by atoms with Gasteiger partial charge in [-0.05, 0) is 36.8 Å². The van der Waals surface area contributed by atoms with Crippen LogP contribution >= 0.6 is 0 Å². The second-order valence-corrected chi connectivity index (χ2v) is 6.27. The highest BCUT2D eigenvalue weighted by Gasteiger charge is 2.17. The number of H-pyrrole nitrogens is 1. The van der Waals surface area contributed by atoms with Gasteiger partial charge in [0.1, 0.15) is 5.75 Å². The highest BCUT2D eigenvalue weighted by atomic mass is 16.5. The summed E-state index contributed by atoms with van der Waals surface area (Å²) in [5.74, 6) is 0.652. The predicted molar refractivity (Wildman–Crippen MR) is 97.0 cm³/mol. The monoisotopic (exact) mass is 352 g/mol. The fraction of sp³-hybridized carbons (Fsp3) is 0.316. The second kappa shape index (κ2) is 7.13. The van der Waals surface area contributed by atoms with Crippen molar-refractivity contribution < 1.29 is 14.3 Å². The van der Waals surface area contributed by atoms with Crippen LogP contribution in [0.4, 0.5) is 0 Å². The third kappa shape index (κ3) is 3.39. The maximum Gasteiger partial charge on any atom is 0.260 e. The van der Waals surface area contributed by atoms with Gasteiger partial charge in [-0.1, -0.05) is 0 Å². The van der Waals surface area contributed by atoms with Crippen molar-refractivity contribution in [1.29, 1.82) is 0 Å². The molecule has 0 radical (unpaired) electrons. The molecule has 3 aromatic rings. The SMILES string of the molecule is Cc1cc(-c2cn[nH]c2)nc2ccc(OCC(=O)N3CCOCC3)cc12. The largest absolute Gasteiger partial charge is 0.484 e. The molecule has 1 saturated heterocycles. The normalized spacial score (nSPS) is 14.6. The standard InChI is InChI=1S/C19H20N4O3/c1-13-8-18(14-10-20-21-11-14)22-17-3-2-15(9-16(13)17)26-12-19(24)23-4-6-25-7-5-23/h2-3,8-11H,4-7,12H2,1H3,(H,20,21). The van der Waals surface area contributed by atoms with Gasteiger partial charge in [0, 0.05) is 30.2 Å². The average molecular weight is 352 g/mol. The van der Waals surface area contributed by atoms with Gasteiger partial charge in [0.25, 0.3) is 5.91 Å². The Kier molecular flexibility index (Phi) is 4.53. The van der Waals surface area contributed by atoms with E-state index in [1.165, 1.54) is 0 Å². The number of hydrogen-bond acceptors (Lipinski definition) is 5. The van der Waals surface area contributed by atoms with Crippen molar-refractivity contribution in [1.82, 2.24) is 20.1 Å². The Bertz CT molecular complexity index is 918. The summed E-state index contributed by atoms with van der Waals surface area (Å²) in [7, 11) is 0. The van der Waals surface area contributed by atoms with Crippen molar-refractivity contribution in [3.05, 3.63) is 42.2 Å². The van der Waals surface area contributed by atoms with E-state index in [2.05, 4.69) is 15.2 Å². The van der Waals surface area contributed by atoms with Crippen molar-refractivity contribution in [2.24, 2.45) is 0 Å².